The molecule has 230 valence electrons. The zero-order chi connectivity index (χ0) is 28.5. The maximum atomic E-state index is 11.3. The van der Waals surface area contributed by atoms with Crippen molar-refractivity contribution in [3.8, 4) is 0 Å². The lowest BCUT2D eigenvalue weighted by Gasteiger charge is -2.09. The van der Waals surface area contributed by atoms with Crippen LogP contribution in [0.3, 0.4) is 0 Å². The standard InChI is InChI=1S/C25H47NO13/c1-2-4-30-6-8-32-10-12-34-14-16-36-18-20-38-21-19-37-17-15-35-13-11-33-9-7-31-5-3-26-24(27)22-39-23-25(28)29/h2H,1,3-23H2,(H,26,27)(H,28,29). The van der Waals surface area contributed by atoms with E-state index in [1.54, 1.807) is 6.08 Å². The van der Waals surface area contributed by atoms with E-state index in [1.165, 1.54) is 0 Å². The largest absolute Gasteiger partial charge is 0.480 e. The number of carboxylic acids is 1. The molecule has 0 bridgehead atoms. The van der Waals surface area contributed by atoms with Crippen LogP contribution < -0.4 is 5.32 Å². The monoisotopic (exact) mass is 569 g/mol. The van der Waals surface area contributed by atoms with Crippen molar-refractivity contribution in [2.45, 2.75) is 0 Å². The molecule has 39 heavy (non-hydrogen) atoms. The summed E-state index contributed by atoms with van der Waals surface area (Å²) >= 11 is 0. The summed E-state index contributed by atoms with van der Waals surface area (Å²) in [7, 11) is 0. The molecule has 0 aromatic heterocycles. The van der Waals surface area contributed by atoms with Gasteiger partial charge in [-0.1, -0.05) is 6.08 Å². The van der Waals surface area contributed by atoms with Crippen molar-refractivity contribution in [1.29, 1.82) is 0 Å². The van der Waals surface area contributed by atoms with E-state index in [2.05, 4.69) is 16.6 Å². The van der Waals surface area contributed by atoms with E-state index in [0.29, 0.717) is 125 Å². The van der Waals surface area contributed by atoms with E-state index in [-0.39, 0.29) is 6.61 Å². The molecule has 0 fully saturated rings. The molecule has 14 heteroatoms. The van der Waals surface area contributed by atoms with Crippen LogP contribution in [0.4, 0.5) is 0 Å². The average molecular weight is 570 g/mol. The molecule has 1 amide bonds. The van der Waals surface area contributed by atoms with Gasteiger partial charge in [-0.3, -0.25) is 4.79 Å². The van der Waals surface area contributed by atoms with Crippen LogP contribution in [-0.2, 0) is 57.0 Å². The normalized spacial score (nSPS) is 11.1. The van der Waals surface area contributed by atoms with Gasteiger partial charge >= 0.3 is 5.97 Å². The second-order valence-electron chi connectivity index (χ2n) is 7.50. The van der Waals surface area contributed by atoms with Gasteiger partial charge in [0.1, 0.15) is 13.2 Å². The smallest absolute Gasteiger partial charge is 0.329 e. The predicted octanol–water partition coefficient (Wildman–Crippen LogP) is -0.461. The molecule has 2 N–H and O–H groups in total. The first-order valence-corrected chi connectivity index (χ1v) is 13.0. The fraction of sp³-hybridized carbons (Fsp3) is 0.840. The highest BCUT2D eigenvalue weighted by Crippen LogP contribution is 1.86. The Labute approximate surface area is 231 Å². The molecule has 0 unspecified atom stereocenters. The first-order valence-electron chi connectivity index (χ1n) is 13.0. The van der Waals surface area contributed by atoms with Gasteiger partial charge in [0.05, 0.1) is 119 Å². The van der Waals surface area contributed by atoms with Crippen LogP contribution in [0.1, 0.15) is 0 Å². The predicted molar refractivity (Wildman–Crippen MR) is 139 cm³/mol. The van der Waals surface area contributed by atoms with Crippen LogP contribution >= 0.6 is 0 Å². The summed E-state index contributed by atoms with van der Waals surface area (Å²) in [5, 5.41) is 10.9. The molecule has 0 radical (unpaired) electrons. The highest BCUT2D eigenvalue weighted by Gasteiger charge is 2.03. The Hall–Kier alpha value is -1.72. The lowest BCUT2D eigenvalue weighted by atomic mass is 10.6. The number of carboxylic acid groups (broad SMARTS) is 1. The van der Waals surface area contributed by atoms with Crippen molar-refractivity contribution in [2.24, 2.45) is 0 Å². The van der Waals surface area contributed by atoms with E-state index in [1.807, 2.05) is 0 Å². The lowest BCUT2D eigenvalue weighted by molar-refractivity contribution is -0.143. The molecule has 0 aliphatic carbocycles. The molecule has 0 spiro atoms. The first kappa shape index (κ1) is 37.3. The van der Waals surface area contributed by atoms with Gasteiger partial charge in [-0.15, -0.1) is 6.58 Å². The van der Waals surface area contributed by atoms with E-state index < -0.39 is 18.5 Å². The summed E-state index contributed by atoms with van der Waals surface area (Å²) in [4.78, 5) is 21.6. The van der Waals surface area contributed by atoms with Crippen molar-refractivity contribution in [1.82, 2.24) is 5.32 Å². The molecule has 0 aromatic rings. The van der Waals surface area contributed by atoms with Crippen molar-refractivity contribution < 1.29 is 62.1 Å². The molecule has 0 atom stereocenters. The highest BCUT2D eigenvalue weighted by atomic mass is 16.6. The second-order valence-corrected chi connectivity index (χ2v) is 7.50. The van der Waals surface area contributed by atoms with Crippen LogP contribution in [0.5, 0.6) is 0 Å². The molecule has 0 aliphatic rings. The number of carbonyl (C=O) groups is 2. The Morgan fingerprint density at radius 3 is 1.18 bits per heavy atom. The number of carbonyl (C=O) groups excluding carboxylic acids is 1. The molecule has 0 heterocycles. The van der Waals surface area contributed by atoms with Crippen LogP contribution in [-0.4, -0.2) is 156 Å². The SMILES string of the molecule is C=CCOCCOCCOCCOCCOCCOCCOCCOCCOCCNC(=O)COCC(=O)O. The summed E-state index contributed by atoms with van der Waals surface area (Å²) in [6.07, 6.45) is 1.70. The number of hydrogen-bond acceptors (Lipinski definition) is 12. The third-order valence-electron chi connectivity index (χ3n) is 4.24. The van der Waals surface area contributed by atoms with E-state index >= 15 is 0 Å². The van der Waals surface area contributed by atoms with E-state index in [0.717, 1.165) is 0 Å². The van der Waals surface area contributed by atoms with Gasteiger partial charge in [0.15, 0.2) is 0 Å². The number of ether oxygens (including phenoxy) is 10. The summed E-state index contributed by atoms with van der Waals surface area (Å²) < 4.78 is 53.0. The minimum Gasteiger partial charge on any atom is -0.480 e. The number of nitrogens with one attached hydrogen (secondary N) is 1. The number of hydrogen-bond donors (Lipinski definition) is 2. The molecule has 0 saturated carbocycles. The molecule has 0 aliphatic heterocycles. The third kappa shape index (κ3) is 34.3. The first-order chi connectivity index (χ1) is 19.2. The van der Waals surface area contributed by atoms with Gasteiger partial charge in [0, 0.05) is 6.54 Å². The van der Waals surface area contributed by atoms with Crippen LogP contribution in [0.15, 0.2) is 12.7 Å². The Morgan fingerprint density at radius 2 is 0.846 bits per heavy atom. The zero-order valence-corrected chi connectivity index (χ0v) is 23.0. The van der Waals surface area contributed by atoms with E-state index in [4.69, 9.17) is 47.7 Å². The van der Waals surface area contributed by atoms with Crippen LogP contribution in [0.2, 0.25) is 0 Å². The lowest BCUT2D eigenvalue weighted by Crippen LogP contribution is -2.31. The van der Waals surface area contributed by atoms with E-state index in [9.17, 15) is 9.59 Å². The number of amides is 1. The minimum absolute atomic E-state index is 0.298. The van der Waals surface area contributed by atoms with Crippen molar-refractivity contribution in [2.75, 3.05) is 139 Å². The fourth-order valence-corrected chi connectivity index (χ4v) is 2.47. The third-order valence-corrected chi connectivity index (χ3v) is 4.24. The fourth-order valence-electron chi connectivity index (χ4n) is 2.47. The quantitative estimate of drug-likeness (QED) is 0.0773. The summed E-state index contributed by atoms with van der Waals surface area (Å²) in [6.45, 7) is 11.6. The van der Waals surface area contributed by atoms with Crippen molar-refractivity contribution in [3.05, 3.63) is 12.7 Å². The molecular weight excluding hydrogens is 522 g/mol. The van der Waals surface area contributed by atoms with Crippen LogP contribution in [0, 0.1) is 0 Å². The summed E-state index contributed by atoms with van der Waals surface area (Å²) in [5.41, 5.74) is 0. The molecule has 0 saturated heterocycles. The van der Waals surface area contributed by atoms with Gasteiger partial charge in [0.2, 0.25) is 5.91 Å². The Morgan fingerprint density at radius 1 is 0.513 bits per heavy atom. The number of aliphatic carboxylic acids is 1. The van der Waals surface area contributed by atoms with Gasteiger partial charge < -0.3 is 57.8 Å². The molecule has 0 aromatic carbocycles. The topological polar surface area (TPSA) is 159 Å². The summed E-state index contributed by atoms with van der Waals surface area (Å²) in [5.74, 6) is -1.52. The minimum atomic E-state index is -1.12. The maximum absolute atomic E-state index is 11.3. The highest BCUT2D eigenvalue weighted by molar-refractivity contribution is 5.77. The summed E-state index contributed by atoms with van der Waals surface area (Å²) in [6, 6.07) is 0. The molecule has 14 nitrogen and oxygen atoms in total. The van der Waals surface area contributed by atoms with Gasteiger partial charge in [-0.05, 0) is 0 Å². The molecular formula is C25H47NO13. The zero-order valence-electron chi connectivity index (χ0n) is 23.0. The second kappa shape index (κ2) is 32.5. The van der Waals surface area contributed by atoms with Crippen LogP contribution in [0.25, 0.3) is 0 Å². The average Bonchev–Trinajstić information content (AvgIpc) is 2.92. The maximum Gasteiger partial charge on any atom is 0.329 e. The van der Waals surface area contributed by atoms with Gasteiger partial charge in [-0.2, -0.15) is 0 Å². The Kier molecular flexibility index (Phi) is 31.1. The molecule has 0 rings (SSSR count). The van der Waals surface area contributed by atoms with Gasteiger partial charge in [-0.25, -0.2) is 4.79 Å². The Bertz CT molecular complexity index is 554. The number of rotatable bonds is 33. The van der Waals surface area contributed by atoms with Crippen molar-refractivity contribution in [3.63, 3.8) is 0 Å². The Balaban J connectivity index is 3.09. The van der Waals surface area contributed by atoms with Gasteiger partial charge in [0.25, 0.3) is 0 Å². The van der Waals surface area contributed by atoms with Crippen molar-refractivity contribution >= 4 is 11.9 Å².